The van der Waals surface area contributed by atoms with Gasteiger partial charge in [0.1, 0.15) is 0 Å². The van der Waals surface area contributed by atoms with Crippen LogP contribution in [-0.4, -0.2) is 49.8 Å². The fourth-order valence-electron chi connectivity index (χ4n) is 1.06. The first kappa shape index (κ1) is 23.7. The lowest BCUT2D eigenvalue weighted by Crippen LogP contribution is -2.42. The number of carboxylic acid groups (broad SMARTS) is 3. The highest BCUT2D eigenvalue weighted by atomic mass is 35.5. The molecule has 7 nitrogen and oxygen atoms in total. The van der Waals surface area contributed by atoms with E-state index in [4.69, 9.17) is 32.0 Å². The zero-order valence-electron chi connectivity index (χ0n) is 10.6. The van der Waals surface area contributed by atoms with Crippen molar-refractivity contribution in [3.63, 3.8) is 0 Å². The molecule has 4 N–H and O–H groups in total. The molecule has 0 aliphatic heterocycles. The summed E-state index contributed by atoms with van der Waals surface area (Å²) in [6.07, 6.45) is 1.44. The Hall–Kier alpha value is -1.34. The van der Waals surface area contributed by atoms with Crippen LogP contribution in [0.2, 0.25) is 0 Å². The van der Waals surface area contributed by atoms with E-state index in [-0.39, 0.29) is 7.43 Å². The van der Waals surface area contributed by atoms with Crippen molar-refractivity contribution in [2.24, 2.45) is 0 Å². The second-order valence-electron chi connectivity index (χ2n) is 3.87. The van der Waals surface area contributed by atoms with Crippen molar-refractivity contribution < 1.29 is 34.8 Å². The molecule has 20 heavy (non-hydrogen) atoms. The summed E-state index contributed by atoms with van der Waals surface area (Å²) in [7, 11) is 0. The van der Waals surface area contributed by atoms with Gasteiger partial charge in [0.2, 0.25) is 0 Å². The van der Waals surface area contributed by atoms with E-state index in [2.05, 4.69) is 6.92 Å². The smallest absolute Gasteiger partial charge is 0.336 e. The zero-order valence-corrected chi connectivity index (χ0v) is 11.4. The average Bonchev–Trinajstić information content (AvgIpc) is 2.24. The Labute approximate surface area is 123 Å². The van der Waals surface area contributed by atoms with Gasteiger partial charge < -0.3 is 20.4 Å². The molecule has 0 heterocycles. The Morgan fingerprint density at radius 2 is 1.40 bits per heavy atom. The van der Waals surface area contributed by atoms with Gasteiger partial charge in [0.15, 0.2) is 5.60 Å². The molecular weight excluding hydrogens is 292 g/mol. The predicted octanol–water partition coefficient (Wildman–Crippen LogP) is 1.80. The SMILES string of the molecule is C.CCCCCCl.O=C(O)CC(O)(CC(=O)O)C(=O)O. The number of hydrogen-bond donors (Lipinski definition) is 4. The molecule has 0 aromatic heterocycles. The molecule has 0 rings (SSSR count). The van der Waals surface area contributed by atoms with Crippen molar-refractivity contribution in [2.45, 2.75) is 52.1 Å². The van der Waals surface area contributed by atoms with Crippen LogP contribution in [-0.2, 0) is 14.4 Å². The van der Waals surface area contributed by atoms with Crippen molar-refractivity contribution in [2.75, 3.05) is 5.88 Å². The molecule has 0 aromatic rings. The number of carboxylic acids is 3. The summed E-state index contributed by atoms with van der Waals surface area (Å²) in [5.74, 6) is -4.19. The molecule has 0 amide bonds. The molecule has 0 atom stereocenters. The lowest BCUT2D eigenvalue weighted by Gasteiger charge is -2.18. The molecule has 0 saturated carbocycles. The maximum Gasteiger partial charge on any atom is 0.336 e. The number of carbonyl (C=O) groups is 3. The van der Waals surface area contributed by atoms with Crippen LogP contribution in [0.4, 0.5) is 0 Å². The quantitative estimate of drug-likeness (QED) is 0.396. The highest BCUT2D eigenvalue weighted by Crippen LogP contribution is 2.15. The molecule has 0 saturated heterocycles. The topological polar surface area (TPSA) is 132 Å². The van der Waals surface area contributed by atoms with Crippen molar-refractivity contribution in [1.82, 2.24) is 0 Å². The van der Waals surface area contributed by atoms with Crippen LogP contribution >= 0.6 is 11.6 Å². The summed E-state index contributed by atoms with van der Waals surface area (Å²) in [6.45, 7) is 2.17. The number of aliphatic hydroxyl groups is 1. The number of rotatable bonds is 8. The maximum atomic E-state index is 10.3. The van der Waals surface area contributed by atoms with E-state index in [1.165, 1.54) is 19.3 Å². The zero-order chi connectivity index (χ0) is 15.5. The normalized spacial score (nSPS) is 9.75. The van der Waals surface area contributed by atoms with Crippen molar-refractivity contribution in [3.05, 3.63) is 0 Å². The summed E-state index contributed by atoms with van der Waals surface area (Å²) in [5, 5.41) is 33.8. The first-order chi connectivity index (χ1) is 8.69. The van der Waals surface area contributed by atoms with Crippen LogP contribution in [0.25, 0.3) is 0 Å². The second-order valence-corrected chi connectivity index (χ2v) is 4.25. The third-order valence-corrected chi connectivity index (χ3v) is 2.29. The summed E-state index contributed by atoms with van der Waals surface area (Å²) in [4.78, 5) is 30.5. The van der Waals surface area contributed by atoms with Crippen molar-refractivity contribution >= 4 is 29.5 Å². The highest BCUT2D eigenvalue weighted by Gasteiger charge is 2.40. The average molecular weight is 315 g/mol. The third kappa shape index (κ3) is 13.1. The first-order valence-electron chi connectivity index (χ1n) is 5.65. The lowest BCUT2D eigenvalue weighted by molar-refractivity contribution is -0.170. The molecule has 8 heteroatoms. The summed E-state index contributed by atoms with van der Waals surface area (Å²) in [6, 6.07) is 0. The minimum Gasteiger partial charge on any atom is -0.481 e. The largest absolute Gasteiger partial charge is 0.481 e. The minimum absolute atomic E-state index is 0. The molecule has 0 unspecified atom stereocenters. The summed E-state index contributed by atoms with van der Waals surface area (Å²) >= 11 is 5.38. The Morgan fingerprint density at radius 3 is 1.55 bits per heavy atom. The Morgan fingerprint density at radius 1 is 1.00 bits per heavy atom. The number of unbranched alkanes of at least 4 members (excludes halogenated alkanes) is 2. The minimum atomic E-state index is -2.74. The van der Waals surface area contributed by atoms with Crippen molar-refractivity contribution in [1.29, 1.82) is 0 Å². The number of alkyl halides is 1. The highest BCUT2D eigenvalue weighted by molar-refractivity contribution is 6.17. The van der Waals surface area contributed by atoms with Gasteiger partial charge >= 0.3 is 17.9 Å². The predicted molar refractivity (Wildman–Crippen MR) is 74.1 cm³/mol. The van der Waals surface area contributed by atoms with Gasteiger partial charge in [-0.2, -0.15) is 0 Å². The van der Waals surface area contributed by atoms with Gasteiger partial charge in [0, 0.05) is 5.88 Å². The van der Waals surface area contributed by atoms with Crippen molar-refractivity contribution in [3.8, 4) is 0 Å². The second kappa shape index (κ2) is 12.7. The Bertz CT molecular complexity index is 284. The van der Waals surface area contributed by atoms with E-state index in [1.807, 2.05) is 0 Å². The van der Waals surface area contributed by atoms with E-state index < -0.39 is 36.4 Å². The van der Waals surface area contributed by atoms with Crippen LogP contribution in [0, 0.1) is 0 Å². The van der Waals surface area contributed by atoms with E-state index >= 15 is 0 Å². The van der Waals surface area contributed by atoms with E-state index in [0.717, 1.165) is 5.88 Å². The van der Waals surface area contributed by atoms with Crippen LogP contribution in [0.5, 0.6) is 0 Å². The fraction of sp³-hybridized carbons (Fsp3) is 0.750. The van der Waals surface area contributed by atoms with E-state index in [0.29, 0.717) is 0 Å². The van der Waals surface area contributed by atoms with E-state index in [9.17, 15) is 14.4 Å². The fourth-order valence-corrected chi connectivity index (χ4v) is 1.25. The van der Waals surface area contributed by atoms with Gasteiger partial charge in [-0.05, 0) is 6.42 Å². The molecule has 0 aromatic carbocycles. The Kier molecular flexibility index (Phi) is 15.0. The van der Waals surface area contributed by atoms with Gasteiger partial charge in [-0.25, -0.2) is 4.79 Å². The van der Waals surface area contributed by atoms with Gasteiger partial charge in [-0.3, -0.25) is 9.59 Å². The maximum absolute atomic E-state index is 10.3. The van der Waals surface area contributed by atoms with Gasteiger partial charge in [-0.15, -0.1) is 11.6 Å². The summed E-state index contributed by atoms with van der Waals surface area (Å²) < 4.78 is 0. The monoisotopic (exact) mass is 314 g/mol. The molecule has 0 radical (unpaired) electrons. The lowest BCUT2D eigenvalue weighted by atomic mass is 9.96. The number of halogens is 1. The molecule has 120 valence electrons. The number of hydrogen-bond acceptors (Lipinski definition) is 4. The standard InChI is InChI=1S/C6H8O7.C5H11Cl.CH4/c7-3(8)1-6(13,5(11)12)2-4(9)10;1-2-3-4-5-6;/h13H,1-2H2,(H,7,8)(H,9,10)(H,11,12);2-5H2,1H3;1H4. The molecule has 0 bridgehead atoms. The van der Waals surface area contributed by atoms with E-state index in [1.54, 1.807) is 0 Å². The Balaban J connectivity index is -0.000000352. The van der Waals surface area contributed by atoms with Gasteiger partial charge in [0.25, 0.3) is 0 Å². The van der Waals surface area contributed by atoms with Gasteiger partial charge in [-0.1, -0.05) is 27.2 Å². The number of aliphatic carboxylic acids is 3. The third-order valence-electron chi connectivity index (χ3n) is 2.02. The molecule has 0 aliphatic carbocycles. The van der Waals surface area contributed by atoms with Crippen LogP contribution in [0.1, 0.15) is 46.5 Å². The van der Waals surface area contributed by atoms with Crippen LogP contribution in [0.3, 0.4) is 0 Å². The molecule has 0 fully saturated rings. The molecule has 0 spiro atoms. The van der Waals surface area contributed by atoms with Gasteiger partial charge in [0.05, 0.1) is 12.8 Å². The molecular formula is C12H23ClO7. The molecule has 0 aliphatic rings. The first-order valence-corrected chi connectivity index (χ1v) is 6.18. The summed E-state index contributed by atoms with van der Waals surface area (Å²) in [5.41, 5.74) is -2.74. The van der Waals surface area contributed by atoms with Crippen LogP contribution in [0.15, 0.2) is 0 Å². The van der Waals surface area contributed by atoms with Crippen LogP contribution < -0.4 is 0 Å².